The van der Waals surface area contributed by atoms with E-state index < -0.39 is 0 Å². The smallest absolute Gasteiger partial charge is 0.251 e. The lowest BCUT2D eigenvalue weighted by atomic mass is 10.1. The van der Waals surface area contributed by atoms with Gasteiger partial charge in [-0.3, -0.25) is 14.3 Å². The molecule has 2 N–H and O–H groups in total. The summed E-state index contributed by atoms with van der Waals surface area (Å²) in [6.45, 7) is 0.856. The first kappa shape index (κ1) is 17.4. The molecule has 2 aromatic carbocycles. The highest BCUT2D eigenvalue weighted by molar-refractivity contribution is 5.95. The third-order valence-corrected chi connectivity index (χ3v) is 3.86. The van der Waals surface area contributed by atoms with Crippen molar-refractivity contribution in [3.05, 3.63) is 84.2 Å². The molecular formula is C20H20N4O2. The molecule has 0 unspecified atom stereocenters. The molecule has 0 aliphatic carbocycles. The predicted octanol–water partition coefficient (Wildman–Crippen LogP) is 2.69. The van der Waals surface area contributed by atoms with Crippen LogP contribution in [-0.4, -0.2) is 28.1 Å². The number of nitrogens with one attached hydrogen (secondary N) is 2. The minimum absolute atomic E-state index is 0.147. The molecule has 0 saturated carbocycles. The number of anilines is 1. The summed E-state index contributed by atoms with van der Waals surface area (Å²) in [5, 5.41) is 9.84. The summed E-state index contributed by atoms with van der Waals surface area (Å²) in [6, 6.07) is 18.4. The molecule has 1 heterocycles. The molecule has 0 radical (unpaired) electrons. The summed E-state index contributed by atoms with van der Waals surface area (Å²) in [5.74, 6) is -0.330. The van der Waals surface area contributed by atoms with Crippen molar-refractivity contribution in [1.82, 2.24) is 15.1 Å². The third-order valence-electron chi connectivity index (χ3n) is 3.86. The average Bonchev–Trinajstić information content (AvgIpc) is 3.17. The standard InChI is InChI=1S/C20H20N4O2/c25-19(11-13-21-20(26)16-7-2-1-3-8-16)23-18-10-5-4-9-17(18)15-24-14-6-12-22-24/h1-10,12,14H,11,13,15H2,(H,21,26)(H,23,25). The normalized spacial score (nSPS) is 10.3. The summed E-state index contributed by atoms with van der Waals surface area (Å²) in [6.07, 6.45) is 3.79. The summed E-state index contributed by atoms with van der Waals surface area (Å²) in [4.78, 5) is 24.2. The van der Waals surface area contributed by atoms with Gasteiger partial charge in [-0.2, -0.15) is 5.10 Å². The van der Waals surface area contributed by atoms with E-state index in [9.17, 15) is 9.59 Å². The van der Waals surface area contributed by atoms with Crippen molar-refractivity contribution in [1.29, 1.82) is 0 Å². The maximum absolute atomic E-state index is 12.2. The van der Waals surface area contributed by atoms with Crippen molar-refractivity contribution in [2.75, 3.05) is 11.9 Å². The van der Waals surface area contributed by atoms with Gasteiger partial charge in [0.25, 0.3) is 5.91 Å². The summed E-state index contributed by atoms with van der Waals surface area (Å²) < 4.78 is 1.80. The summed E-state index contributed by atoms with van der Waals surface area (Å²) >= 11 is 0. The van der Waals surface area contributed by atoms with E-state index in [1.807, 2.05) is 42.6 Å². The number of carbonyl (C=O) groups excluding carboxylic acids is 2. The van der Waals surface area contributed by atoms with Crippen LogP contribution in [0, 0.1) is 0 Å². The van der Waals surface area contributed by atoms with Crippen LogP contribution in [0.1, 0.15) is 22.3 Å². The second-order valence-corrected chi connectivity index (χ2v) is 5.78. The van der Waals surface area contributed by atoms with Gasteiger partial charge >= 0.3 is 0 Å². The first-order valence-electron chi connectivity index (χ1n) is 8.41. The van der Waals surface area contributed by atoms with Gasteiger partial charge in [-0.1, -0.05) is 36.4 Å². The van der Waals surface area contributed by atoms with E-state index in [2.05, 4.69) is 15.7 Å². The Morgan fingerprint density at radius 3 is 2.50 bits per heavy atom. The Hall–Kier alpha value is -3.41. The molecule has 0 aliphatic heterocycles. The van der Waals surface area contributed by atoms with Crippen molar-refractivity contribution in [2.24, 2.45) is 0 Å². The third kappa shape index (κ3) is 4.80. The van der Waals surface area contributed by atoms with Crippen LogP contribution in [0.15, 0.2) is 73.1 Å². The molecule has 0 saturated heterocycles. The SMILES string of the molecule is O=C(CCNC(=O)c1ccccc1)Nc1ccccc1Cn1cccn1. The molecule has 1 aromatic heterocycles. The van der Waals surface area contributed by atoms with Gasteiger partial charge in [0.15, 0.2) is 0 Å². The maximum Gasteiger partial charge on any atom is 0.251 e. The quantitative estimate of drug-likeness (QED) is 0.689. The Bertz CT molecular complexity index is 861. The molecule has 0 atom stereocenters. The predicted molar refractivity (Wildman–Crippen MR) is 99.8 cm³/mol. The second-order valence-electron chi connectivity index (χ2n) is 5.78. The number of nitrogens with zero attached hydrogens (tertiary/aromatic N) is 2. The van der Waals surface area contributed by atoms with Crippen molar-refractivity contribution in [3.8, 4) is 0 Å². The fraction of sp³-hybridized carbons (Fsp3) is 0.150. The van der Waals surface area contributed by atoms with Crippen LogP contribution >= 0.6 is 0 Å². The van der Waals surface area contributed by atoms with E-state index in [1.54, 1.807) is 35.1 Å². The molecule has 3 rings (SSSR count). The van der Waals surface area contributed by atoms with Crippen LogP contribution in [0.4, 0.5) is 5.69 Å². The maximum atomic E-state index is 12.2. The largest absolute Gasteiger partial charge is 0.352 e. The van der Waals surface area contributed by atoms with E-state index in [4.69, 9.17) is 0 Å². The monoisotopic (exact) mass is 348 g/mol. The first-order chi connectivity index (χ1) is 12.7. The lowest BCUT2D eigenvalue weighted by molar-refractivity contribution is -0.116. The Morgan fingerprint density at radius 1 is 0.962 bits per heavy atom. The van der Waals surface area contributed by atoms with Gasteiger partial charge < -0.3 is 10.6 Å². The van der Waals surface area contributed by atoms with Gasteiger partial charge in [0.1, 0.15) is 0 Å². The van der Waals surface area contributed by atoms with Crippen LogP contribution in [-0.2, 0) is 11.3 Å². The summed E-state index contributed by atoms with van der Waals surface area (Å²) in [7, 11) is 0. The topological polar surface area (TPSA) is 76.0 Å². The molecule has 0 bridgehead atoms. The highest BCUT2D eigenvalue weighted by Crippen LogP contribution is 2.16. The van der Waals surface area contributed by atoms with Crippen molar-refractivity contribution in [3.63, 3.8) is 0 Å². The van der Waals surface area contributed by atoms with Gasteiger partial charge in [-0.15, -0.1) is 0 Å². The fourth-order valence-electron chi connectivity index (χ4n) is 2.54. The fourth-order valence-corrected chi connectivity index (χ4v) is 2.54. The number of rotatable bonds is 7. The molecule has 0 fully saturated rings. The number of hydrogen-bond donors (Lipinski definition) is 2. The molecular weight excluding hydrogens is 328 g/mol. The van der Waals surface area contributed by atoms with Crippen molar-refractivity contribution < 1.29 is 9.59 Å². The number of amides is 2. The van der Waals surface area contributed by atoms with E-state index in [1.165, 1.54) is 0 Å². The number of aromatic nitrogens is 2. The van der Waals surface area contributed by atoms with Crippen LogP contribution in [0.3, 0.4) is 0 Å². The zero-order valence-electron chi connectivity index (χ0n) is 14.3. The number of benzene rings is 2. The minimum Gasteiger partial charge on any atom is -0.352 e. The highest BCUT2D eigenvalue weighted by Gasteiger charge is 2.09. The molecule has 6 heteroatoms. The van der Waals surface area contributed by atoms with Gasteiger partial charge in [0, 0.05) is 36.6 Å². The molecule has 0 aliphatic rings. The van der Waals surface area contributed by atoms with Crippen molar-refractivity contribution >= 4 is 17.5 Å². The average molecular weight is 348 g/mol. The van der Waals surface area contributed by atoms with Crippen LogP contribution in [0.2, 0.25) is 0 Å². The molecule has 0 spiro atoms. The lowest BCUT2D eigenvalue weighted by Crippen LogP contribution is -2.27. The van der Waals surface area contributed by atoms with Crippen LogP contribution in [0.25, 0.3) is 0 Å². The number of hydrogen-bond acceptors (Lipinski definition) is 3. The molecule has 2 amide bonds. The van der Waals surface area contributed by atoms with E-state index >= 15 is 0 Å². The first-order valence-corrected chi connectivity index (χ1v) is 8.41. The Kier molecular flexibility index (Phi) is 5.77. The van der Waals surface area contributed by atoms with Gasteiger partial charge in [-0.25, -0.2) is 0 Å². The van der Waals surface area contributed by atoms with Crippen LogP contribution < -0.4 is 10.6 Å². The summed E-state index contributed by atoms with van der Waals surface area (Å²) in [5.41, 5.74) is 2.30. The molecule has 132 valence electrons. The Labute approximate surface area is 151 Å². The zero-order valence-corrected chi connectivity index (χ0v) is 14.3. The number of carbonyl (C=O) groups is 2. The van der Waals surface area contributed by atoms with E-state index in [0.717, 1.165) is 11.3 Å². The highest BCUT2D eigenvalue weighted by atomic mass is 16.2. The lowest BCUT2D eigenvalue weighted by Gasteiger charge is -2.11. The molecule has 3 aromatic rings. The van der Waals surface area contributed by atoms with Crippen molar-refractivity contribution in [2.45, 2.75) is 13.0 Å². The molecule has 6 nitrogen and oxygen atoms in total. The molecule has 26 heavy (non-hydrogen) atoms. The Balaban J connectivity index is 1.51. The minimum atomic E-state index is -0.183. The van der Waals surface area contributed by atoms with Gasteiger partial charge in [0.2, 0.25) is 5.91 Å². The number of para-hydroxylation sites is 1. The van der Waals surface area contributed by atoms with Gasteiger partial charge in [-0.05, 0) is 29.8 Å². The second kappa shape index (κ2) is 8.62. The van der Waals surface area contributed by atoms with E-state index in [0.29, 0.717) is 12.1 Å². The zero-order chi connectivity index (χ0) is 18.2. The Morgan fingerprint density at radius 2 is 1.73 bits per heavy atom. The van der Waals surface area contributed by atoms with Crippen LogP contribution in [0.5, 0.6) is 0 Å². The van der Waals surface area contributed by atoms with Gasteiger partial charge in [0.05, 0.1) is 6.54 Å². The van der Waals surface area contributed by atoms with E-state index in [-0.39, 0.29) is 24.8 Å².